The van der Waals surface area contributed by atoms with Gasteiger partial charge in [0.05, 0.1) is 11.4 Å². The van der Waals surface area contributed by atoms with Crippen molar-refractivity contribution in [3.63, 3.8) is 0 Å². The summed E-state index contributed by atoms with van der Waals surface area (Å²) in [6, 6.07) is 4.87. The summed E-state index contributed by atoms with van der Waals surface area (Å²) in [5, 5.41) is 5.12. The molecule has 0 bridgehead atoms. The van der Waals surface area contributed by atoms with Crippen LogP contribution in [-0.2, 0) is 9.59 Å². The Morgan fingerprint density at radius 3 is 2.00 bits per heavy atom. The number of para-hydroxylation sites is 1. The van der Waals surface area contributed by atoms with Crippen molar-refractivity contribution in [1.29, 1.82) is 0 Å². The first kappa shape index (κ1) is 12.9. The van der Waals surface area contributed by atoms with Crippen molar-refractivity contribution in [3.8, 4) is 0 Å². The van der Waals surface area contributed by atoms with Gasteiger partial charge in [-0.05, 0) is 19.1 Å². The summed E-state index contributed by atoms with van der Waals surface area (Å²) in [4.78, 5) is 33.5. The molecule has 90 valence electrons. The van der Waals surface area contributed by atoms with Gasteiger partial charge in [0.1, 0.15) is 0 Å². The number of hydrogen-bond donors (Lipinski definition) is 2. The fourth-order valence-electron chi connectivity index (χ4n) is 1.45. The number of carbonyl (C=O) groups excluding carboxylic acids is 3. The van der Waals surface area contributed by atoms with Crippen molar-refractivity contribution < 1.29 is 14.4 Å². The summed E-state index contributed by atoms with van der Waals surface area (Å²) in [5.41, 5.74) is 1.12. The minimum absolute atomic E-state index is 0.180. The Hall–Kier alpha value is -2.17. The van der Waals surface area contributed by atoms with E-state index >= 15 is 0 Å². The summed E-state index contributed by atoms with van der Waals surface area (Å²) < 4.78 is 0. The smallest absolute Gasteiger partial charge is 0.221 e. The number of rotatable bonds is 3. The van der Waals surface area contributed by atoms with Crippen LogP contribution in [0.1, 0.15) is 31.1 Å². The quantitative estimate of drug-likeness (QED) is 0.783. The highest BCUT2D eigenvalue weighted by molar-refractivity contribution is 6.08. The molecule has 0 aliphatic rings. The lowest BCUT2D eigenvalue weighted by Gasteiger charge is -2.13. The molecule has 0 aromatic heterocycles. The standard InChI is InChI=1S/C12H14N2O3/c1-7(15)10-5-4-6-11(13-8(2)16)12(10)14-9(3)17/h4-6H,1-3H3,(H,13,16)(H,14,17). The molecule has 0 saturated heterocycles. The second-order valence-electron chi connectivity index (χ2n) is 3.65. The van der Waals surface area contributed by atoms with Crippen LogP contribution in [0, 0.1) is 0 Å². The molecule has 1 aromatic carbocycles. The van der Waals surface area contributed by atoms with Crippen molar-refractivity contribution in [2.75, 3.05) is 10.6 Å². The lowest BCUT2D eigenvalue weighted by Crippen LogP contribution is -2.15. The van der Waals surface area contributed by atoms with E-state index in [1.807, 2.05) is 0 Å². The SMILES string of the molecule is CC(=O)Nc1cccc(C(C)=O)c1NC(C)=O. The topological polar surface area (TPSA) is 75.3 Å². The molecule has 0 heterocycles. The number of anilines is 2. The zero-order chi connectivity index (χ0) is 13.0. The van der Waals surface area contributed by atoms with Gasteiger partial charge in [0.15, 0.2) is 5.78 Å². The second kappa shape index (κ2) is 5.25. The summed E-state index contributed by atoms with van der Waals surface area (Å²) in [6.45, 7) is 4.10. The number of Topliss-reactive ketones (excluding diaryl/α,β-unsaturated/α-hetero) is 1. The Labute approximate surface area is 99.2 Å². The number of benzene rings is 1. The van der Waals surface area contributed by atoms with Crippen LogP contribution in [0.4, 0.5) is 11.4 Å². The molecule has 2 amide bonds. The Kier molecular flexibility index (Phi) is 3.98. The lowest BCUT2D eigenvalue weighted by molar-refractivity contribution is -0.115. The highest BCUT2D eigenvalue weighted by atomic mass is 16.2. The number of amides is 2. The maximum atomic E-state index is 11.4. The third-order valence-corrected chi connectivity index (χ3v) is 2.06. The van der Waals surface area contributed by atoms with E-state index in [0.717, 1.165) is 0 Å². The van der Waals surface area contributed by atoms with Crippen molar-refractivity contribution in [1.82, 2.24) is 0 Å². The molecule has 0 unspecified atom stereocenters. The van der Waals surface area contributed by atoms with Gasteiger partial charge in [-0.15, -0.1) is 0 Å². The highest BCUT2D eigenvalue weighted by Crippen LogP contribution is 2.26. The maximum absolute atomic E-state index is 11.4. The molecule has 0 radical (unpaired) electrons. The van der Waals surface area contributed by atoms with Gasteiger partial charge in [-0.3, -0.25) is 14.4 Å². The van der Waals surface area contributed by atoms with Crippen molar-refractivity contribution in [2.45, 2.75) is 20.8 Å². The first-order valence-corrected chi connectivity index (χ1v) is 5.11. The van der Waals surface area contributed by atoms with Gasteiger partial charge >= 0.3 is 0 Å². The zero-order valence-corrected chi connectivity index (χ0v) is 9.96. The van der Waals surface area contributed by atoms with E-state index in [1.54, 1.807) is 18.2 Å². The highest BCUT2D eigenvalue weighted by Gasteiger charge is 2.13. The second-order valence-corrected chi connectivity index (χ2v) is 3.65. The van der Waals surface area contributed by atoms with E-state index in [1.165, 1.54) is 20.8 Å². The molecule has 1 aromatic rings. The normalized spacial score (nSPS) is 9.59. The molecule has 0 aliphatic carbocycles. The average molecular weight is 234 g/mol. The molecule has 5 heteroatoms. The third-order valence-electron chi connectivity index (χ3n) is 2.06. The van der Waals surface area contributed by atoms with E-state index in [-0.39, 0.29) is 17.6 Å². The molecule has 0 saturated carbocycles. The van der Waals surface area contributed by atoms with E-state index in [2.05, 4.69) is 10.6 Å². The van der Waals surface area contributed by atoms with Gasteiger partial charge in [-0.25, -0.2) is 0 Å². The Morgan fingerprint density at radius 1 is 0.941 bits per heavy atom. The lowest BCUT2D eigenvalue weighted by atomic mass is 10.1. The summed E-state index contributed by atoms with van der Waals surface area (Å²) in [6.07, 6.45) is 0. The molecule has 0 spiro atoms. The number of nitrogens with one attached hydrogen (secondary N) is 2. The molecule has 5 nitrogen and oxygen atoms in total. The third kappa shape index (κ3) is 3.41. The van der Waals surface area contributed by atoms with E-state index in [9.17, 15) is 14.4 Å². The van der Waals surface area contributed by atoms with Gasteiger partial charge in [-0.1, -0.05) is 6.07 Å². The zero-order valence-electron chi connectivity index (χ0n) is 9.96. The average Bonchev–Trinajstić information content (AvgIpc) is 2.18. The largest absolute Gasteiger partial charge is 0.325 e. The van der Waals surface area contributed by atoms with Crippen LogP contribution >= 0.6 is 0 Å². The van der Waals surface area contributed by atoms with Crippen LogP contribution in [0.25, 0.3) is 0 Å². The molecule has 17 heavy (non-hydrogen) atoms. The Morgan fingerprint density at radius 2 is 1.53 bits per heavy atom. The first-order valence-electron chi connectivity index (χ1n) is 5.11. The molecule has 0 fully saturated rings. The fourth-order valence-corrected chi connectivity index (χ4v) is 1.45. The van der Waals surface area contributed by atoms with Crippen LogP contribution in [-0.4, -0.2) is 17.6 Å². The van der Waals surface area contributed by atoms with Crippen molar-refractivity contribution >= 4 is 29.0 Å². The van der Waals surface area contributed by atoms with Gasteiger partial charge in [-0.2, -0.15) is 0 Å². The molecule has 0 aliphatic heterocycles. The van der Waals surface area contributed by atoms with Gasteiger partial charge < -0.3 is 10.6 Å². The summed E-state index contributed by atoms with van der Waals surface area (Å²) in [5.74, 6) is -0.747. The number of carbonyl (C=O) groups is 3. The van der Waals surface area contributed by atoms with E-state index in [4.69, 9.17) is 0 Å². The van der Waals surface area contributed by atoms with Crippen LogP contribution in [0.5, 0.6) is 0 Å². The summed E-state index contributed by atoms with van der Waals surface area (Å²) in [7, 11) is 0. The Bertz CT molecular complexity index is 481. The van der Waals surface area contributed by atoms with Crippen molar-refractivity contribution in [2.24, 2.45) is 0 Å². The fraction of sp³-hybridized carbons (Fsp3) is 0.250. The summed E-state index contributed by atoms with van der Waals surface area (Å²) >= 11 is 0. The molecule has 2 N–H and O–H groups in total. The Balaban J connectivity index is 3.28. The van der Waals surface area contributed by atoms with Crippen LogP contribution < -0.4 is 10.6 Å². The van der Waals surface area contributed by atoms with Crippen molar-refractivity contribution in [3.05, 3.63) is 23.8 Å². The van der Waals surface area contributed by atoms with Crippen LogP contribution in [0.15, 0.2) is 18.2 Å². The van der Waals surface area contributed by atoms with Gasteiger partial charge in [0.2, 0.25) is 11.8 Å². The van der Waals surface area contributed by atoms with Crippen LogP contribution in [0.2, 0.25) is 0 Å². The number of hydrogen-bond acceptors (Lipinski definition) is 3. The minimum atomic E-state index is -0.301. The van der Waals surface area contributed by atoms with Gasteiger partial charge in [0.25, 0.3) is 0 Å². The van der Waals surface area contributed by atoms with Crippen LogP contribution in [0.3, 0.4) is 0 Å². The van der Waals surface area contributed by atoms with E-state index < -0.39 is 0 Å². The molecular formula is C12H14N2O3. The number of ketones is 1. The monoisotopic (exact) mass is 234 g/mol. The molecule has 0 atom stereocenters. The predicted molar refractivity (Wildman–Crippen MR) is 65.1 cm³/mol. The van der Waals surface area contributed by atoms with E-state index in [0.29, 0.717) is 16.9 Å². The maximum Gasteiger partial charge on any atom is 0.221 e. The first-order chi connectivity index (χ1) is 7.91. The predicted octanol–water partition coefficient (Wildman–Crippen LogP) is 1.81. The van der Waals surface area contributed by atoms with Gasteiger partial charge in [0, 0.05) is 19.4 Å². The molecular weight excluding hydrogens is 220 g/mol. The molecule has 1 rings (SSSR count). The minimum Gasteiger partial charge on any atom is -0.325 e.